The Balaban J connectivity index is 2.30. The predicted molar refractivity (Wildman–Crippen MR) is 81.0 cm³/mol. The second kappa shape index (κ2) is 6.10. The summed E-state index contributed by atoms with van der Waals surface area (Å²) in [4.78, 5) is 11.2. The SMILES string of the molecule is CCc1c(C(=O)O)ccc(N)c1NCc1ccccc1. The molecule has 0 saturated carbocycles. The normalized spacial score (nSPS) is 10.2. The van der Waals surface area contributed by atoms with Gasteiger partial charge >= 0.3 is 5.97 Å². The number of nitrogens with one attached hydrogen (secondary N) is 1. The Morgan fingerprint density at radius 1 is 1.20 bits per heavy atom. The van der Waals surface area contributed by atoms with Gasteiger partial charge in [0.25, 0.3) is 0 Å². The molecule has 2 aromatic rings. The van der Waals surface area contributed by atoms with Crippen molar-refractivity contribution in [2.45, 2.75) is 19.9 Å². The third-order valence-corrected chi connectivity index (χ3v) is 3.24. The van der Waals surface area contributed by atoms with Crippen molar-refractivity contribution in [3.05, 3.63) is 59.2 Å². The van der Waals surface area contributed by atoms with Crippen molar-refractivity contribution < 1.29 is 9.90 Å². The van der Waals surface area contributed by atoms with E-state index in [1.54, 1.807) is 12.1 Å². The molecule has 0 radical (unpaired) electrons. The quantitative estimate of drug-likeness (QED) is 0.730. The number of carbonyl (C=O) groups is 1. The van der Waals surface area contributed by atoms with E-state index in [1.165, 1.54) is 0 Å². The molecule has 0 atom stereocenters. The molecule has 4 N–H and O–H groups in total. The van der Waals surface area contributed by atoms with Crippen molar-refractivity contribution in [2.24, 2.45) is 0 Å². The lowest BCUT2D eigenvalue weighted by molar-refractivity contribution is 0.0696. The Bertz CT molecular complexity index is 609. The van der Waals surface area contributed by atoms with Crippen molar-refractivity contribution in [1.29, 1.82) is 0 Å². The predicted octanol–water partition coefficient (Wildman–Crippen LogP) is 3.14. The standard InChI is InChI=1S/C16H18N2O2/c1-2-12-13(16(19)20)8-9-14(17)15(12)18-10-11-6-4-3-5-7-11/h3-9,18H,2,10,17H2,1H3,(H,19,20). The highest BCUT2D eigenvalue weighted by molar-refractivity contribution is 5.93. The van der Waals surface area contributed by atoms with Gasteiger partial charge in [0.05, 0.1) is 16.9 Å². The minimum atomic E-state index is -0.926. The summed E-state index contributed by atoms with van der Waals surface area (Å²) >= 11 is 0. The lowest BCUT2D eigenvalue weighted by Gasteiger charge is -2.16. The molecule has 0 unspecified atom stereocenters. The number of hydrogen-bond acceptors (Lipinski definition) is 3. The van der Waals surface area contributed by atoms with Crippen LogP contribution in [-0.4, -0.2) is 11.1 Å². The zero-order valence-electron chi connectivity index (χ0n) is 11.4. The fourth-order valence-corrected chi connectivity index (χ4v) is 2.23. The summed E-state index contributed by atoms with van der Waals surface area (Å²) in [5.74, 6) is -0.926. The van der Waals surface area contributed by atoms with Gasteiger partial charge < -0.3 is 16.2 Å². The van der Waals surface area contributed by atoms with Crippen LogP contribution in [0.15, 0.2) is 42.5 Å². The molecule has 0 saturated heterocycles. The third-order valence-electron chi connectivity index (χ3n) is 3.24. The van der Waals surface area contributed by atoms with Gasteiger partial charge in [-0.15, -0.1) is 0 Å². The van der Waals surface area contributed by atoms with Crippen molar-refractivity contribution in [3.63, 3.8) is 0 Å². The largest absolute Gasteiger partial charge is 0.478 e. The smallest absolute Gasteiger partial charge is 0.336 e. The Morgan fingerprint density at radius 3 is 2.50 bits per heavy atom. The number of hydrogen-bond donors (Lipinski definition) is 3. The van der Waals surface area contributed by atoms with E-state index in [-0.39, 0.29) is 0 Å². The van der Waals surface area contributed by atoms with Crippen LogP contribution in [0.3, 0.4) is 0 Å². The van der Waals surface area contributed by atoms with E-state index in [4.69, 9.17) is 5.73 Å². The van der Waals surface area contributed by atoms with Crippen LogP contribution in [-0.2, 0) is 13.0 Å². The van der Waals surface area contributed by atoms with Crippen molar-refractivity contribution in [1.82, 2.24) is 0 Å². The first-order chi connectivity index (χ1) is 9.63. The minimum Gasteiger partial charge on any atom is -0.478 e. The molecule has 0 aliphatic heterocycles. The van der Waals surface area contributed by atoms with E-state index in [9.17, 15) is 9.90 Å². The van der Waals surface area contributed by atoms with Crippen molar-refractivity contribution >= 4 is 17.3 Å². The number of carboxylic acid groups (broad SMARTS) is 1. The number of nitrogen functional groups attached to an aromatic ring is 1. The van der Waals surface area contributed by atoms with E-state index in [0.29, 0.717) is 24.2 Å². The average molecular weight is 270 g/mol. The topological polar surface area (TPSA) is 75.3 Å². The number of benzene rings is 2. The van der Waals surface area contributed by atoms with E-state index < -0.39 is 5.97 Å². The van der Waals surface area contributed by atoms with Crippen LogP contribution in [0, 0.1) is 0 Å². The van der Waals surface area contributed by atoms with E-state index in [1.807, 2.05) is 37.3 Å². The van der Waals surface area contributed by atoms with Gasteiger partial charge in [-0.1, -0.05) is 37.3 Å². The molecule has 0 bridgehead atoms. The van der Waals surface area contributed by atoms with Crippen molar-refractivity contribution in [2.75, 3.05) is 11.1 Å². The molecule has 0 heterocycles. The molecule has 2 aromatic carbocycles. The minimum absolute atomic E-state index is 0.303. The van der Waals surface area contributed by atoms with Gasteiger partial charge in [-0.25, -0.2) is 4.79 Å². The number of nitrogens with two attached hydrogens (primary N) is 1. The van der Waals surface area contributed by atoms with Crippen LogP contribution in [0.4, 0.5) is 11.4 Å². The van der Waals surface area contributed by atoms with E-state index >= 15 is 0 Å². The molecule has 0 fully saturated rings. The summed E-state index contributed by atoms with van der Waals surface area (Å²) in [5, 5.41) is 12.5. The zero-order valence-corrected chi connectivity index (χ0v) is 11.4. The zero-order chi connectivity index (χ0) is 14.5. The van der Waals surface area contributed by atoms with Crippen LogP contribution >= 0.6 is 0 Å². The first-order valence-electron chi connectivity index (χ1n) is 6.56. The summed E-state index contributed by atoms with van der Waals surface area (Å²) in [5.41, 5.74) is 9.43. The second-order valence-electron chi connectivity index (χ2n) is 4.55. The molecule has 0 aliphatic rings. The lowest BCUT2D eigenvalue weighted by atomic mass is 10.0. The summed E-state index contributed by atoms with van der Waals surface area (Å²) in [6.45, 7) is 2.54. The highest BCUT2D eigenvalue weighted by atomic mass is 16.4. The van der Waals surface area contributed by atoms with Crippen LogP contribution in [0.5, 0.6) is 0 Å². The van der Waals surface area contributed by atoms with Gasteiger partial charge in [-0.2, -0.15) is 0 Å². The van der Waals surface area contributed by atoms with Gasteiger partial charge in [-0.05, 0) is 29.7 Å². The maximum Gasteiger partial charge on any atom is 0.336 e. The van der Waals surface area contributed by atoms with Gasteiger partial charge in [0.15, 0.2) is 0 Å². The molecular formula is C16H18N2O2. The van der Waals surface area contributed by atoms with Gasteiger partial charge in [0.2, 0.25) is 0 Å². The second-order valence-corrected chi connectivity index (χ2v) is 4.55. The lowest BCUT2D eigenvalue weighted by Crippen LogP contribution is -2.10. The Kier molecular flexibility index (Phi) is 4.25. The van der Waals surface area contributed by atoms with Gasteiger partial charge in [0, 0.05) is 6.54 Å². The van der Waals surface area contributed by atoms with Crippen LogP contribution < -0.4 is 11.1 Å². The molecule has 104 valence electrons. The number of anilines is 2. The Hall–Kier alpha value is -2.49. The highest BCUT2D eigenvalue weighted by Gasteiger charge is 2.15. The number of carboxylic acids is 1. The van der Waals surface area contributed by atoms with Gasteiger partial charge in [0.1, 0.15) is 0 Å². The van der Waals surface area contributed by atoms with Crippen molar-refractivity contribution in [3.8, 4) is 0 Å². The summed E-state index contributed by atoms with van der Waals surface area (Å²) in [6, 6.07) is 13.1. The van der Waals surface area contributed by atoms with Gasteiger partial charge in [-0.3, -0.25) is 0 Å². The van der Waals surface area contributed by atoms with Crippen LogP contribution in [0.2, 0.25) is 0 Å². The summed E-state index contributed by atoms with van der Waals surface area (Å²) in [6.07, 6.45) is 0.615. The van der Waals surface area contributed by atoms with Crippen LogP contribution in [0.1, 0.15) is 28.4 Å². The molecule has 0 spiro atoms. The highest BCUT2D eigenvalue weighted by Crippen LogP contribution is 2.28. The average Bonchev–Trinajstić information content (AvgIpc) is 2.46. The maximum absolute atomic E-state index is 11.2. The number of rotatable bonds is 5. The molecule has 0 amide bonds. The summed E-state index contributed by atoms with van der Waals surface area (Å²) < 4.78 is 0. The summed E-state index contributed by atoms with van der Waals surface area (Å²) in [7, 11) is 0. The molecule has 0 aromatic heterocycles. The molecule has 0 aliphatic carbocycles. The Labute approximate surface area is 118 Å². The molecule has 2 rings (SSSR count). The third kappa shape index (κ3) is 2.91. The monoisotopic (exact) mass is 270 g/mol. The first kappa shape index (κ1) is 13.9. The molecule has 4 heteroatoms. The van der Waals surface area contributed by atoms with E-state index in [0.717, 1.165) is 16.8 Å². The molecular weight excluding hydrogens is 252 g/mol. The molecule has 20 heavy (non-hydrogen) atoms. The van der Waals surface area contributed by atoms with Crippen LogP contribution in [0.25, 0.3) is 0 Å². The Morgan fingerprint density at radius 2 is 1.90 bits per heavy atom. The fraction of sp³-hybridized carbons (Fsp3) is 0.188. The van der Waals surface area contributed by atoms with E-state index in [2.05, 4.69) is 5.32 Å². The number of aromatic carboxylic acids is 1. The molecule has 4 nitrogen and oxygen atoms in total. The maximum atomic E-state index is 11.2. The first-order valence-corrected chi connectivity index (χ1v) is 6.56. The fourth-order valence-electron chi connectivity index (χ4n) is 2.23.